The van der Waals surface area contributed by atoms with Crippen LogP contribution in [0.5, 0.6) is 0 Å². The van der Waals surface area contributed by atoms with Crippen LogP contribution in [0.3, 0.4) is 0 Å². The van der Waals surface area contributed by atoms with Crippen LogP contribution in [0.2, 0.25) is 0 Å². The number of carbonyl (C=O) groups is 1. The summed E-state index contributed by atoms with van der Waals surface area (Å²) in [6.07, 6.45) is 5.55. The Kier molecular flexibility index (Phi) is 7.34. The summed E-state index contributed by atoms with van der Waals surface area (Å²) in [7, 11) is 0. The van der Waals surface area contributed by atoms with Crippen LogP contribution >= 0.6 is 0 Å². The molecule has 0 aliphatic heterocycles. The van der Waals surface area contributed by atoms with E-state index in [1.54, 1.807) is 0 Å². The minimum Gasteiger partial charge on any atom is -0.396 e. The number of carbonyl (C=O) groups excluding carboxylic acids is 1. The molecule has 28 heavy (non-hydrogen) atoms. The lowest BCUT2D eigenvalue weighted by Gasteiger charge is -2.15. The van der Waals surface area contributed by atoms with Crippen LogP contribution in [0.4, 0.5) is 0 Å². The summed E-state index contributed by atoms with van der Waals surface area (Å²) >= 11 is 0. The fraction of sp³-hybridized carbons (Fsp3) is 0.192. The molecule has 0 fully saturated rings. The molecule has 0 aliphatic rings. The maximum atomic E-state index is 13.1. The average Bonchev–Trinajstić information content (AvgIpc) is 2.78. The zero-order chi connectivity index (χ0) is 19.6. The van der Waals surface area contributed by atoms with E-state index in [-0.39, 0.29) is 24.2 Å². The standard InChI is InChI=1S/C26H26O2/c27-20-24(21-12-4-1-5-13-21)18-10-11-19-25(22-14-6-2-7-15-22)26(28)23-16-8-3-9-17-23/h1-17,24-25,27H,18-20H2/b11-10+. The number of allylic oxidation sites excluding steroid dienone is 2. The molecule has 3 aromatic carbocycles. The highest BCUT2D eigenvalue weighted by atomic mass is 16.3. The third kappa shape index (κ3) is 5.28. The topological polar surface area (TPSA) is 37.3 Å². The molecule has 0 bridgehead atoms. The summed E-state index contributed by atoms with van der Waals surface area (Å²) in [6, 6.07) is 29.5. The van der Waals surface area contributed by atoms with Gasteiger partial charge in [-0.05, 0) is 24.0 Å². The van der Waals surface area contributed by atoms with Crippen LogP contribution in [-0.4, -0.2) is 17.5 Å². The number of ketones is 1. The Balaban J connectivity index is 1.71. The van der Waals surface area contributed by atoms with Gasteiger partial charge in [0.1, 0.15) is 0 Å². The smallest absolute Gasteiger partial charge is 0.170 e. The molecule has 0 radical (unpaired) electrons. The zero-order valence-electron chi connectivity index (χ0n) is 15.9. The molecule has 3 aromatic rings. The Bertz CT molecular complexity index is 870. The van der Waals surface area contributed by atoms with E-state index in [0.717, 1.165) is 23.1 Å². The minimum atomic E-state index is -0.204. The van der Waals surface area contributed by atoms with Crippen molar-refractivity contribution in [2.75, 3.05) is 6.61 Å². The second kappa shape index (κ2) is 10.4. The number of aliphatic hydroxyl groups excluding tert-OH is 1. The first-order valence-corrected chi connectivity index (χ1v) is 9.74. The molecule has 2 nitrogen and oxygen atoms in total. The number of benzene rings is 3. The molecule has 0 saturated heterocycles. The molecule has 1 N–H and O–H groups in total. The van der Waals surface area contributed by atoms with Crippen LogP contribution in [0, 0.1) is 0 Å². The Morgan fingerprint density at radius 2 is 1.21 bits per heavy atom. The Labute approximate surface area is 167 Å². The molecule has 0 amide bonds. The van der Waals surface area contributed by atoms with Crippen molar-refractivity contribution in [3.8, 4) is 0 Å². The predicted octanol–water partition coefficient (Wildman–Crippen LogP) is 5.77. The third-order valence-electron chi connectivity index (χ3n) is 5.03. The van der Waals surface area contributed by atoms with Crippen molar-refractivity contribution in [3.63, 3.8) is 0 Å². The highest BCUT2D eigenvalue weighted by Gasteiger charge is 2.20. The molecule has 3 rings (SSSR count). The highest BCUT2D eigenvalue weighted by molar-refractivity contribution is 6.01. The average molecular weight is 370 g/mol. The van der Waals surface area contributed by atoms with Crippen molar-refractivity contribution in [3.05, 3.63) is 120 Å². The van der Waals surface area contributed by atoms with Gasteiger partial charge in [0.05, 0.1) is 12.5 Å². The number of aliphatic hydroxyl groups is 1. The van der Waals surface area contributed by atoms with Gasteiger partial charge in [-0.1, -0.05) is 103 Å². The van der Waals surface area contributed by atoms with Crippen LogP contribution in [0.25, 0.3) is 0 Å². The summed E-state index contributed by atoms with van der Waals surface area (Å²) in [6.45, 7) is 0.111. The normalized spacial score (nSPS) is 13.3. The van der Waals surface area contributed by atoms with Crippen LogP contribution < -0.4 is 0 Å². The summed E-state index contributed by atoms with van der Waals surface area (Å²) < 4.78 is 0. The lowest BCUT2D eigenvalue weighted by Crippen LogP contribution is -2.12. The Morgan fingerprint density at radius 3 is 1.79 bits per heavy atom. The van der Waals surface area contributed by atoms with Gasteiger partial charge in [-0.2, -0.15) is 0 Å². The van der Waals surface area contributed by atoms with E-state index < -0.39 is 0 Å². The van der Waals surface area contributed by atoms with Gasteiger partial charge < -0.3 is 5.11 Å². The van der Waals surface area contributed by atoms with Crippen molar-refractivity contribution in [1.82, 2.24) is 0 Å². The van der Waals surface area contributed by atoms with Crippen molar-refractivity contribution in [2.45, 2.75) is 24.7 Å². The molecule has 0 heterocycles. The van der Waals surface area contributed by atoms with Gasteiger partial charge in [-0.25, -0.2) is 0 Å². The first-order chi connectivity index (χ1) is 13.8. The SMILES string of the molecule is O=C(c1ccccc1)C(C/C=C/CC(CO)c1ccccc1)c1ccccc1. The van der Waals surface area contributed by atoms with Crippen molar-refractivity contribution >= 4 is 5.78 Å². The molecule has 142 valence electrons. The second-order valence-electron chi connectivity index (χ2n) is 6.93. The van der Waals surface area contributed by atoms with E-state index in [1.165, 1.54) is 0 Å². The highest BCUT2D eigenvalue weighted by Crippen LogP contribution is 2.26. The molecule has 0 spiro atoms. The van der Waals surface area contributed by atoms with Crippen molar-refractivity contribution in [2.24, 2.45) is 0 Å². The van der Waals surface area contributed by atoms with Crippen LogP contribution in [-0.2, 0) is 0 Å². The van der Waals surface area contributed by atoms with Crippen molar-refractivity contribution in [1.29, 1.82) is 0 Å². The molecule has 2 unspecified atom stereocenters. The van der Waals surface area contributed by atoms with Crippen molar-refractivity contribution < 1.29 is 9.90 Å². The van der Waals surface area contributed by atoms with E-state index in [2.05, 4.69) is 12.2 Å². The van der Waals surface area contributed by atoms with E-state index in [9.17, 15) is 9.90 Å². The molecular weight excluding hydrogens is 344 g/mol. The van der Waals surface area contributed by atoms with Crippen LogP contribution in [0.15, 0.2) is 103 Å². The quantitative estimate of drug-likeness (QED) is 0.384. The van der Waals surface area contributed by atoms with E-state index in [1.807, 2.05) is 91.0 Å². The molecule has 2 heteroatoms. The van der Waals surface area contributed by atoms with E-state index in [0.29, 0.717) is 6.42 Å². The molecule has 2 atom stereocenters. The van der Waals surface area contributed by atoms with Gasteiger partial charge in [0.15, 0.2) is 5.78 Å². The Hall–Kier alpha value is -2.97. The first-order valence-electron chi connectivity index (χ1n) is 9.74. The molecule has 0 aliphatic carbocycles. The maximum absolute atomic E-state index is 13.1. The predicted molar refractivity (Wildman–Crippen MR) is 115 cm³/mol. The first kappa shape index (κ1) is 19.8. The van der Waals surface area contributed by atoms with Gasteiger partial charge in [0.2, 0.25) is 0 Å². The number of hydrogen-bond acceptors (Lipinski definition) is 2. The Morgan fingerprint density at radius 1 is 0.714 bits per heavy atom. The van der Waals surface area contributed by atoms with Gasteiger partial charge in [-0.3, -0.25) is 4.79 Å². The lowest BCUT2D eigenvalue weighted by molar-refractivity contribution is 0.0960. The zero-order valence-corrected chi connectivity index (χ0v) is 15.9. The lowest BCUT2D eigenvalue weighted by atomic mass is 9.87. The fourth-order valence-electron chi connectivity index (χ4n) is 3.42. The fourth-order valence-corrected chi connectivity index (χ4v) is 3.42. The van der Waals surface area contributed by atoms with Gasteiger partial charge in [0, 0.05) is 11.5 Å². The third-order valence-corrected chi connectivity index (χ3v) is 5.03. The number of hydrogen-bond donors (Lipinski definition) is 1. The largest absolute Gasteiger partial charge is 0.396 e. The maximum Gasteiger partial charge on any atom is 0.170 e. The molecule has 0 aromatic heterocycles. The second-order valence-corrected chi connectivity index (χ2v) is 6.93. The number of Topliss-reactive ketones (excluding diaryl/α,β-unsaturated/α-hetero) is 1. The summed E-state index contributed by atoms with van der Waals surface area (Å²) in [4.78, 5) is 13.1. The number of rotatable bonds is 9. The van der Waals surface area contributed by atoms with Gasteiger partial charge in [-0.15, -0.1) is 0 Å². The molecule has 0 saturated carbocycles. The van der Waals surface area contributed by atoms with Crippen LogP contribution in [0.1, 0.15) is 46.2 Å². The molecular formula is C26H26O2. The van der Waals surface area contributed by atoms with E-state index in [4.69, 9.17) is 0 Å². The van der Waals surface area contributed by atoms with Gasteiger partial charge >= 0.3 is 0 Å². The monoisotopic (exact) mass is 370 g/mol. The summed E-state index contributed by atoms with van der Waals surface area (Å²) in [5.41, 5.74) is 2.90. The van der Waals surface area contributed by atoms with E-state index >= 15 is 0 Å². The minimum absolute atomic E-state index is 0.0810. The van der Waals surface area contributed by atoms with Gasteiger partial charge in [0.25, 0.3) is 0 Å². The summed E-state index contributed by atoms with van der Waals surface area (Å²) in [5, 5.41) is 9.71. The summed E-state index contributed by atoms with van der Waals surface area (Å²) in [5.74, 6) is 0.0137.